The van der Waals surface area contributed by atoms with E-state index < -0.39 is 15.2 Å². The van der Waals surface area contributed by atoms with Crippen molar-refractivity contribution in [3.63, 3.8) is 0 Å². The van der Waals surface area contributed by atoms with Crippen LogP contribution in [-0.4, -0.2) is 10.7 Å². The second-order valence-corrected chi connectivity index (χ2v) is 6.33. The van der Waals surface area contributed by atoms with Gasteiger partial charge in [-0.15, -0.1) is 10.2 Å². The van der Waals surface area contributed by atoms with Gasteiger partial charge in [0, 0.05) is 18.0 Å². The van der Waals surface area contributed by atoms with Crippen molar-refractivity contribution in [1.82, 2.24) is 0 Å². The highest BCUT2D eigenvalue weighted by molar-refractivity contribution is 6.30. The van der Waals surface area contributed by atoms with Gasteiger partial charge in [0.25, 0.3) is 5.69 Å². The highest BCUT2D eigenvalue weighted by Gasteiger charge is 2.30. The van der Waals surface area contributed by atoms with E-state index in [1.54, 1.807) is 42.8 Å². The number of nitro groups is 1. The van der Waals surface area contributed by atoms with E-state index >= 15 is 0 Å². The first kappa shape index (κ1) is 21.9. The number of Topliss-reactive ketones (excluding diaryl/α,β-unsaturated/α-hetero) is 1. The summed E-state index contributed by atoms with van der Waals surface area (Å²) in [6, 6.07) is 8.13. The fourth-order valence-electron chi connectivity index (χ4n) is 2.27. The van der Waals surface area contributed by atoms with Gasteiger partial charge >= 0.3 is 5.69 Å². The van der Waals surface area contributed by atoms with Crippen LogP contribution < -0.4 is 23.2 Å². The number of halogens is 2. The van der Waals surface area contributed by atoms with Crippen LogP contribution in [0.1, 0.15) is 23.0 Å². The van der Waals surface area contributed by atoms with Crippen LogP contribution in [-0.2, 0) is 7.05 Å². The van der Waals surface area contributed by atoms with Crippen LogP contribution in [0, 0.1) is 27.3 Å². The van der Waals surface area contributed by atoms with Crippen LogP contribution in [0.3, 0.4) is 0 Å². The van der Waals surface area contributed by atoms with Crippen LogP contribution in [0.5, 0.6) is 0 Å². The van der Waals surface area contributed by atoms with Crippen LogP contribution in [0.25, 0.3) is 11.3 Å². The fraction of sp³-hybridized carbons (Fsp3) is 0.200. The SMILES string of the molecule is CC(=O)c1cc([N+](=O)[O-])c(-c2ccc(Cl)cc2)[n+](C)c1C.[O-][Cl+3]([O-])([O-])[O-]. The summed E-state index contributed by atoms with van der Waals surface area (Å²) in [5.41, 5.74) is 2.04. The molecule has 0 N–H and O–H groups in total. The summed E-state index contributed by atoms with van der Waals surface area (Å²) in [4.78, 5) is 22.5. The zero-order valence-corrected chi connectivity index (χ0v) is 15.4. The Morgan fingerprint density at radius 3 is 2.00 bits per heavy atom. The summed E-state index contributed by atoms with van der Waals surface area (Å²) in [7, 11) is -3.24. The number of nitrogens with zero attached hydrogens (tertiary/aromatic N) is 2. The van der Waals surface area contributed by atoms with Gasteiger partial charge in [-0.05, 0) is 31.2 Å². The maximum Gasteiger partial charge on any atom is 0.341 e. The fourth-order valence-corrected chi connectivity index (χ4v) is 2.40. The van der Waals surface area contributed by atoms with Crippen LogP contribution in [0.15, 0.2) is 30.3 Å². The summed E-state index contributed by atoms with van der Waals surface area (Å²) < 4.78 is 35.6. The number of rotatable bonds is 3. The third-order valence-electron chi connectivity index (χ3n) is 3.45. The van der Waals surface area contributed by atoms with Gasteiger partial charge < -0.3 is 0 Å². The number of pyridine rings is 1. The number of benzene rings is 1. The van der Waals surface area contributed by atoms with Gasteiger partial charge in [0.05, 0.1) is 16.1 Å². The van der Waals surface area contributed by atoms with Gasteiger partial charge in [-0.2, -0.15) is 4.57 Å². The number of ketones is 1. The lowest BCUT2D eigenvalue weighted by Crippen LogP contribution is -2.68. The first-order valence-corrected chi connectivity index (χ1v) is 8.50. The molecule has 0 radical (unpaired) electrons. The Balaban J connectivity index is 0.000000597. The molecule has 0 saturated heterocycles. The maximum atomic E-state index is 11.6. The molecule has 0 fully saturated rings. The third kappa shape index (κ3) is 5.99. The summed E-state index contributed by atoms with van der Waals surface area (Å²) >= 11 is 5.85. The van der Waals surface area contributed by atoms with Gasteiger partial charge in [-0.1, -0.05) is 11.6 Å². The Bertz CT molecular complexity index is 827. The molecule has 1 aromatic carbocycles. The molecule has 0 aliphatic heterocycles. The number of hydrogen-bond donors (Lipinski definition) is 0. The van der Waals surface area contributed by atoms with E-state index in [0.717, 1.165) is 0 Å². The van der Waals surface area contributed by atoms with Gasteiger partial charge in [0.1, 0.15) is 7.05 Å². The second kappa shape index (κ2) is 8.49. The quantitative estimate of drug-likeness (QED) is 0.260. The lowest BCUT2D eigenvalue weighted by atomic mass is 10.0. The van der Waals surface area contributed by atoms with Crippen molar-refractivity contribution in [3.05, 3.63) is 56.7 Å². The first-order valence-electron chi connectivity index (χ1n) is 6.89. The molecule has 11 heteroatoms. The zero-order chi connectivity index (χ0) is 20.2. The van der Waals surface area contributed by atoms with E-state index in [1.165, 1.54) is 13.0 Å². The van der Waals surface area contributed by atoms with E-state index in [0.29, 0.717) is 27.5 Å². The number of hydrogen-bond acceptors (Lipinski definition) is 7. The third-order valence-corrected chi connectivity index (χ3v) is 3.70. The summed E-state index contributed by atoms with van der Waals surface area (Å²) in [6.07, 6.45) is 0. The normalized spacial score (nSPS) is 10.8. The molecule has 140 valence electrons. The minimum atomic E-state index is -4.94. The van der Waals surface area contributed by atoms with Crippen molar-refractivity contribution in [2.24, 2.45) is 7.05 Å². The number of carbonyl (C=O) groups excluding carboxylic acids is 1. The Morgan fingerprint density at radius 2 is 1.62 bits per heavy atom. The molecule has 26 heavy (non-hydrogen) atoms. The van der Waals surface area contributed by atoms with Gasteiger partial charge in [-0.3, -0.25) is 14.9 Å². The molecule has 9 nitrogen and oxygen atoms in total. The zero-order valence-electron chi connectivity index (χ0n) is 13.9. The topological polar surface area (TPSA) is 156 Å². The number of carbonyl (C=O) groups is 1. The van der Waals surface area contributed by atoms with Gasteiger partial charge in [0.15, 0.2) is 11.5 Å². The molecule has 0 spiro atoms. The molecule has 2 aromatic rings. The molecular weight excluding hydrogens is 391 g/mol. The predicted molar refractivity (Wildman–Crippen MR) is 79.5 cm³/mol. The Morgan fingerprint density at radius 1 is 1.15 bits per heavy atom. The standard InChI is InChI=1S/C15H14ClN2O3.ClHO4/c1-9-13(10(2)19)8-14(18(20)21)15(17(9)3)11-4-6-12(16)7-5-11;2-1(3,4)5/h4-8H,1-3H3;(H,2,3,4,5)/q+1;/p-1. The minimum Gasteiger partial charge on any atom is -0.294 e. The smallest absolute Gasteiger partial charge is 0.294 e. The molecular formula is C15H14Cl2N2O7. The molecule has 2 rings (SSSR count). The molecule has 0 bridgehead atoms. The van der Waals surface area contributed by atoms with Crippen molar-refractivity contribution in [3.8, 4) is 11.3 Å². The molecule has 0 amide bonds. The molecule has 0 unspecified atom stereocenters. The molecule has 0 saturated carbocycles. The average Bonchev–Trinajstić information content (AvgIpc) is 2.48. The highest BCUT2D eigenvalue weighted by atomic mass is 35.7. The van der Waals surface area contributed by atoms with Crippen LogP contribution in [0.4, 0.5) is 5.69 Å². The van der Waals surface area contributed by atoms with Crippen LogP contribution in [0.2, 0.25) is 5.02 Å². The monoisotopic (exact) mass is 404 g/mol. The van der Waals surface area contributed by atoms with Crippen LogP contribution >= 0.6 is 11.6 Å². The Kier molecular flexibility index (Phi) is 7.16. The van der Waals surface area contributed by atoms with E-state index in [9.17, 15) is 14.9 Å². The lowest BCUT2D eigenvalue weighted by molar-refractivity contribution is -2.00. The largest absolute Gasteiger partial charge is 0.341 e. The molecule has 0 atom stereocenters. The minimum absolute atomic E-state index is 0.101. The van der Waals surface area contributed by atoms with Crippen molar-refractivity contribution in [2.75, 3.05) is 0 Å². The summed E-state index contributed by atoms with van der Waals surface area (Å²) in [5, 5.41) is 11.9. The van der Waals surface area contributed by atoms with Crippen molar-refractivity contribution < 1.29 is 43.2 Å². The summed E-state index contributed by atoms with van der Waals surface area (Å²) in [6.45, 7) is 3.16. The second-order valence-electron chi connectivity index (χ2n) is 5.13. The summed E-state index contributed by atoms with van der Waals surface area (Å²) in [5.74, 6) is -0.200. The molecule has 1 heterocycles. The van der Waals surface area contributed by atoms with Crippen molar-refractivity contribution in [1.29, 1.82) is 0 Å². The van der Waals surface area contributed by atoms with E-state index in [4.69, 9.17) is 30.2 Å². The molecule has 0 aliphatic rings. The molecule has 1 aromatic heterocycles. The average molecular weight is 405 g/mol. The molecule has 0 aliphatic carbocycles. The lowest BCUT2D eigenvalue weighted by Gasteiger charge is -2.17. The first-order chi connectivity index (χ1) is 11.8. The maximum absolute atomic E-state index is 11.6. The van der Waals surface area contributed by atoms with E-state index in [2.05, 4.69) is 0 Å². The highest BCUT2D eigenvalue weighted by Crippen LogP contribution is 2.29. The van der Waals surface area contributed by atoms with Gasteiger partial charge in [-0.25, -0.2) is 18.6 Å². The van der Waals surface area contributed by atoms with Crippen molar-refractivity contribution >= 4 is 23.1 Å². The Hall–Kier alpha value is -2.14. The van der Waals surface area contributed by atoms with E-state index in [-0.39, 0.29) is 11.5 Å². The Labute approximate surface area is 155 Å². The van der Waals surface area contributed by atoms with Gasteiger partial charge in [0.2, 0.25) is 0 Å². The number of aromatic nitrogens is 1. The predicted octanol–water partition coefficient (Wildman–Crippen LogP) is -1.51. The van der Waals surface area contributed by atoms with E-state index in [1.807, 2.05) is 0 Å². The van der Waals surface area contributed by atoms with Crippen molar-refractivity contribution in [2.45, 2.75) is 13.8 Å².